The van der Waals surface area contributed by atoms with Gasteiger partial charge in [0, 0.05) is 34.9 Å². The molecular formula is C23H18Br2O3. The third-order valence-electron chi connectivity index (χ3n) is 4.35. The fraction of sp³-hybridized carbons (Fsp3) is 0.130. The number of ketones is 1. The molecule has 0 saturated heterocycles. The van der Waals surface area contributed by atoms with E-state index in [-0.39, 0.29) is 18.1 Å². The minimum Gasteiger partial charge on any atom is -0.425 e. The quantitative estimate of drug-likeness (QED) is 0.219. The molecule has 1 unspecified atom stereocenters. The van der Waals surface area contributed by atoms with Gasteiger partial charge in [-0.25, -0.2) is 0 Å². The summed E-state index contributed by atoms with van der Waals surface area (Å²) in [6.45, 7) is 1.37. The van der Waals surface area contributed by atoms with Gasteiger partial charge in [0.15, 0.2) is 5.78 Å². The highest BCUT2D eigenvalue weighted by atomic mass is 79.9. The molecule has 3 aromatic carbocycles. The average molecular weight is 502 g/mol. The number of ether oxygens (including phenoxy) is 1. The Morgan fingerprint density at radius 1 is 0.929 bits per heavy atom. The zero-order valence-corrected chi connectivity index (χ0v) is 18.4. The average Bonchev–Trinajstić information content (AvgIpc) is 2.69. The third kappa shape index (κ3) is 4.97. The maximum absolute atomic E-state index is 13.0. The third-order valence-corrected chi connectivity index (χ3v) is 5.39. The van der Waals surface area contributed by atoms with Crippen LogP contribution in [0.3, 0.4) is 0 Å². The van der Waals surface area contributed by atoms with Crippen molar-refractivity contribution in [2.75, 3.05) is 0 Å². The minimum absolute atomic E-state index is 0.0272. The van der Waals surface area contributed by atoms with Gasteiger partial charge in [0.25, 0.3) is 0 Å². The Labute approximate surface area is 181 Å². The molecule has 0 N–H and O–H groups in total. The van der Waals surface area contributed by atoms with Crippen molar-refractivity contribution in [1.29, 1.82) is 0 Å². The maximum Gasteiger partial charge on any atom is 0.308 e. The predicted octanol–water partition coefficient (Wildman–Crippen LogP) is 6.54. The van der Waals surface area contributed by atoms with Crippen LogP contribution < -0.4 is 4.74 Å². The van der Waals surface area contributed by atoms with Gasteiger partial charge in [0.1, 0.15) is 5.75 Å². The fourth-order valence-corrected chi connectivity index (χ4v) is 4.45. The van der Waals surface area contributed by atoms with Gasteiger partial charge in [-0.3, -0.25) is 9.59 Å². The molecule has 0 fully saturated rings. The molecular weight excluding hydrogens is 484 g/mol. The van der Waals surface area contributed by atoms with Crippen molar-refractivity contribution in [3.63, 3.8) is 0 Å². The molecule has 0 amide bonds. The van der Waals surface area contributed by atoms with E-state index in [1.807, 2.05) is 72.8 Å². The van der Waals surface area contributed by atoms with Crippen molar-refractivity contribution < 1.29 is 14.3 Å². The Bertz CT molecular complexity index is 985. The number of Topliss-reactive ketones (excluding diaryl/α,β-unsaturated/α-hetero) is 1. The molecule has 3 rings (SSSR count). The van der Waals surface area contributed by atoms with Gasteiger partial charge in [-0.05, 0) is 33.6 Å². The van der Waals surface area contributed by atoms with Crippen LogP contribution in [0, 0.1) is 0 Å². The molecule has 0 spiro atoms. The van der Waals surface area contributed by atoms with Gasteiger partial charge in [-0.1, -0.05) is 76.6 Å². The molecule has 5 heteroatoms. The Kier molecular flexibility index (Phi) is 6.81. The number of hydrogen-bond donors (Lipinski definition) is 0. The summed E-state index contributed by atoms with van der Waals surface area (Å²) in [5.74, 6) is -0.215. The van der Waals surface area contributed by atoms with E-state index in [4.69, 9.17) is 4.74 Å². The molecule has 0 radical (unpaired) electrons. The van der Waals surface area contributed by atoms with E-state index in [2.05, 4.69) is 31.9 Å². The summed E-state index contributed by atoms with van der Waals surface area (Å²) >= 11 is 7.00. The van der Waals surface area contributed by atoms with Crippen LogP contribution >= 0.6 is 31.9 Å². The highest BCUT2D eigenvalue weighted by molar-refractivity contribution is 9.11. The van der Waals surface area contributed by atoms with Crippen molar-refractivity contribution in [3.05, 3.63) is 98.4 Å². The molecule has 0 aliphatic carbocycles. The van der Waals surface area contributed by atoms with Crippen LogP contribution in [-0.2, 0) is 4.79 Å². The van der Waals surface area contributed by atoms with Crippen molar-refractivity contribution in [2.24, 2.45) is 0 Å². The zero-order chi connectivity index (χ0) is 20.1. The van der Waals surface area contributed by atoms with Crippen molar-refractivity contribution in [3.8, 4) is 5.75 Å². The van der Waals surface area contributed by atoms with Crippen LogP contribution in [0.1, 0.15) is 40.7 Å². The number of halogens is 2. The molecule has 3 aromatic rings. The summed E-state index contributed by atoms with van der Waals surface area (Å²) in [4.78, 5) is 24.7. The predicted molar refractivity (Wildman–Crippen MR) is 117 cm³/mol. The van der Waals surface area contributed by atoms with E-state index in [1.54, 1.807) is 0 Å². The van der Waals surface area contributed by atoms with Gasteiger partial charge in [-0.15, -0.1) is 0 Å². The summed E-state index contributed by atoms with van der Waals surface area (Å²) in [5, 5.41) is 0. The van der Waals surface area contributed by atoms with Crippen molar-refractivity contribution in [2.45, 2.75) is 19.3 Å². The molecule has 142 valence electrons. The Morgan fingerprint density at radius 3 is 2.14 bits per heavy atom. The summed E-state index contributed by atoms with van der Waals surface area (Å²) in [5.41, 5.74) is 2.41. The number of rotatable bonds is 6. The second kappa shape index (κ2) is 9.30. The maximum atomic E-state index is 13.0. The lowest BCUT2D eigenvalue weighted by Gasteiger charge is -2.21. The van der Waals surface area contributed by atoms with Crippen LogP contribution in [0.15, 0.2) is 81.7 Å². The molecule has 0 aliphatic heterocycles. The van der Waals surface area contributed by atoms with Crippen molar-refractivity contribution in [1.82, 2.24) is 0 Å². The van der Waals surface area contributed by atoms with Crippen LogP contribution in [0.2, 0.25) is 0 Å². The molecule has 3 nitrogen and oxygen atoms in total. The van der Waals surface area contributed by atoms with Gasteiger partial charge >= 0.3 is 5.97 Å². The lowest BCUT2D eigenvalue weighted by molar-refractivity contribution is -0.132. The number of hydrogen-bond acceptors (Lipinski definition) is 3. The Hall–Kier alpha value is -2.24. The number of carbonyl (C=O) groups excluding carboxylic acids is 2. The first-order chi connectivity index (χ1) is 13.5. The minimum atomic E-state index is -0.412. The van der Waals surface area contributed by atoms with E-state index >= 15 is 0 Å². The Morgan fingerprint density at radius 2 is 1.54 bits per heavy atom. The molecule has 0 saturated carbocycles. The van der Waals surface area contributed by atoms with Crippen LogP contribution in [0.25, 0.3) is 0 Å². The first-order valence-corrected chi connectivity index (χ1v) is 10.3. The summed E-state index contributed by atoms with van der Waals surface area (Å²) < 4.78 is 6.99. The van der Waals surface area contributed by atoms with E-state index in [0.29, 0.717) is 15.8 Å². The zero-order valence-electron chi connectivity index (χ0n) is 15.2. The summed E-state index contributed by atoms with van der Waals surface area (Å²) in [6.07, 6.45) is 0.255. The fourth-order valence-electron chi connectivity index (χ4n) is 3.11. The second-order valence-electron chi connectivity index (χ2n) is 6.36. The van der Waals surface area contributed by atoms with Crippen LogP contribution in [0.5, 0.6) is 5.75 Å². The monoisotopic (exact) mass is 500 g/mol. The highest BCUT2D eigenvalue weighted by Crippen LogP contribution is 2.41. The SMILES string of the molecule is CC(=O)Oc1c(Br)cc(Br)cc1C(CC(=O)c1ccccc1)c1ccccc1. The number of esters is 1. The van der Waals surface area contributed by atoms with Crippen LogP contribution in [-0.4, -0.2) is 11.8 Å². The molecule has 0 aromatic heterocycles. The standard InChI is InChI=1S/C23H18Br2O3/c1-15(26)28-23-20(12-18(24)13-21(23)25)19(16-8-4-2-5-9-16)14-22(27)17-10-6-3-7-11-17/h2-13,19H,14H2,1H3. The van der Waals surface area contributed by atoms with Gasteiger partial charge < -0.3 is 4.74 Å². The number of benzene rings is 3. The first kappa shape index (κ1) is 20.5. The van der Waals surface area contributed by atoms with Gasteiger partial charge in [0.05, 0.1) is 4.47 Å². The molecule has 0 heterocycles. The summed E-state index contributed by atoms with van der Waals surface area (Å²) in [7, 11) is 0. The second-order valence-corrected chi connectivity index (χ2v) is 8.13. The first-order valence-electron chi connectivity index (χ1n) is 8.76. The smallest absolute Gasteiger partial charge is 0.308 e. The molecule has 0 bridgehead atoms. The van der Waals surface area contributed by atoms with Crippen molar-refractivity contribution >= 4 is 43.6 Å². The highest BCUT2D eigenvalue weighted by Gasteiger charge is 2.25. The lowest BCUT2D eigenvalue weighted by Crippen LogP contribution is -2.13. The van der Waals surface area contributed by atoms with Gasteiger partial charge in [-0.2, -0.15) is 0 Å². The van der Waals surface area contributed by atoms with Gasteiger partial charge in [0.2, 0.25) is 0 Å². The molecule has 0 aliphatic rings. The largest absolute Gasteiger partial charge is 0.425 e. The van der Waals surface area contributed by atoms with Crippen LogP contribution in [0.4, 0.5) is 0 Å². The van der Waals surface area contributed by atoms with E-state index in [9.17, 15) is 9.59 Å². The topological polar surface area (TPSA) is 43.4 Å². The van der Waals surface area contributed by atoms with E-state index < -0.39 is 5.97 Å². The Balaban J connectivity index is 2.10. The molecule has 28 heavy (non-hydrogen) atoms. The van der Waals surface area contributed by atoms with E-state index in [1.165, 1.54) is 6.92 Å². The number of carbonyl (C=O) groups is 2. The lowest BCUT2D eigenvalue weighted by atomic mass is 9.85. The summed E-state index contributed by atoms with van der Waals surface area (Å²) in [6, 6.07) is 22.7. The molecule has 1 atom stereocenters. The normalized spacial score (nSPS) is 11.7. The van der Waals surface area contributed by atoms with E-state index in [0.717, 1.165) is 15.6 Å².